The Labute approximate surface area is 193 Å². The minimum Gasteiger partial charge on any atom is -0.378 e. The number of fused-ring (bicyclic) bond motifs is 1. The Kier molecular flexibility index (Phi) is 8.52. The Morgan fingerprint density at radius 2 is 1.73 bits per heavy atom. The van der Waals surface area contributed by atoms with Gasteiger partial charge >= 0.3 is 0 Å². The quantitative estimate of drug-likeness (QED) is 0.479. The highest BCUT2D eigenvalue weighted by Gasteiger charge is 2.13. The fourth-order valence-electron chi connectivity index (χ4n) is 3.77. The van der Waals surface area contributed by atoms with Gasteiger partial charge in [-0.1, -0.05) is 51.7 Å². The number of imidazole rings is 1. The van der Waals surface area contributed by atoms with Gasteiger partial charge in [0.15, 0.2) is 0 Å². The van der Waals surface area contributed by atoms with Crippen molar-refractivity contribution < 1.29 is 8.78 Å². The molecular formula is C25H32F2N6. The molecule has 0 atom stereocenters. The summed E-state index contributed by atoms with van der Waals surface area (Å²) in [5.74, 6) is 0.540. The number of rotatable bonds is 7. The van der Waals surface area contributed by atoms with Gasteiger partial charge in [0.2, 0.25) is 5.95 Å². The summed E-state index contributed by atoms with van der Waals surface area (Å²) in [6.45, 7) is 9.42. The summed E-state index contributed by atoms with van der Waals surface area (Å²) in [4.78, 5) is 12.9. The van der Waals surface area contributed by atoms with Crippen molar-refractivity contribution in [3.05, 3.63) is 66.4 Å². The van der Waals surface area contributed by atoms with Gasteiger partial charge in [0, 0.05) is 25.0 Å². The van der Waals surface area contributed by atoms with Gasteiger partial charge in [-0.2, -0.15) is 0 Å². The lowest BCUT2D eigenvalue weighted by Gasteiger charge is -2.12. The van der Waals surface area contributed by atoms with Gasteiger partial charge in [0.1, 0.15) is 5.65 Å². The minimum atomic E-state index is -2.46. The van der Waals surface area contributed by atoms with E-state index in [1.54, 1.807) is 23.8 Å². The fourth-order valence-corrected chi connectivity index (χ4v) is 3.77. The summed E-state index contributed by atoms with van der Waals surface area (Å²) < 4.78 is 26.7. The molecule has 1 aliphatic carbocycles. The van der Waals surface area contributed by atoms with Crippen LogP contribution in [-0.4, -0.2) is 39.4 Å². The molecule has 4 rings (SSSR count). The van der Waals surface area contributed by atoms with Crippen molar-refractivity contribution in [3.8, 4) is 0 Å². The maximum Gasteiger partial charge on any atom is 0.255 e. The lowest BCUT2D eigenvalue weighted by Crippen LogP contribution is -2.19. The van der Waals surface area contributed by atoms with Crippen LogP contribution >= 0.6 is 0 Å². The molecule has 6 nitrogen and oxygen atoms in total. The van der Waals surface area contributed by atoms with Crippen LogP contribution in [0.4, 0.5) is 14.7 Å². The molecule has 1 fully saturated rings. The Morgan fingerprint density at radius 1 is 1.06 bits per heavy atom. The van der Waals surface area contributed by atoms with Gasteiger partial charge in [-0.15, -0.1) is 0 Å². The number of anilines is 1. The fraction of sp³-hybridized carbons (Fsp3) is 0.400. The van der Waals surface area contributed by atoms with Crippen molar-refractivity contribution >= 4 is 22.9 Å². The molecule has 0 bridgehead atoms. The van der Waals surface area contributed by atoms with Crippen LogP contribution in [0.5, 0.6) is 0 Å². The Bertz CT molecular complexity index is 1090. The number of halogens is 2. The van der Waals surface area contributed by atoms with Crippen LogP contribution in [0, 0.1) is 6.92 Å². The van der Waals surface area contributed by atoms with Crippen LogP contribution in [-0.2, 0) is 0 Å². The van der Waals surface area contributed by atoms with Gasteiger partial charge in [0.25, 0.3) is 6.43 Å². The summed E-state index contributed by atoms with van der Waals surface area (Å²) in [6, 6.07) is 3.73. The molecule has 176 valence electrons. The predicted octanol–water partition coefficient (Wildman–Crippen LogP) is 5.70. The monoisotopic (exact) mass is 454 g/mol. The van der Waals surface area contributed by atoms with Crippen molar-refractivity contribution in [2.24, 2.45) is 0 Å². The van der Waals surface area contributed by atoms with Crippen molar-refractivity contribution in [1.82, 2.24) is 24.7 Å². The largest absolute Gasteiger partial charge is 0.378 e. The molecule has 1 saturated carbocycles. The summed E-state index contributed by atoms with van der Waals surface area (Å²) >= 11 is 0. The van der Waals surface area contributed by atoms with E-state index >= 15 is 0 Å². The molecule has 0 unspecified atom stereocenters. The van der Waals surface area contributed by atoms with Gasteiger partial charge < -0.3 is 10.6 Å². The van der Waals surface area contributed by atoms with E-state index in [1.165, 1.54) is 38.5 Å². The number of pyridine rings is 1. The molecule has 33 heavy (non-hydrogen) atoms. The molecular weight excluding hydrogens is 422 g/mol. The first-order chi connectivity index (χ1) is 15.9. The Hall–Kier alpha value is -3.29. The average molecular weight is 455 g/mol. The zero-order valence-corrected chi connectivity index (χ0v) is 19.4. The second kappa shape index (κ2) is 11.5. The molecule has 0 aliphatic heterocycles. The van der Waals surface area contributed by atoms with Crippen LogP contribution in [0.15, 0.2) is 43.9 Å². The van der Waals surface area contributed by atoms with E-state index in [1.807, 2.05) is 25.3 Å². The Balaban J connectivity index is 0.000000442. The number of alkyl halides is 2. The smallest absolute Gasteiger partial charge is 0.255 e. The number of hydrogen-bond acceptors (Lipinski definition) is 5. The number of nitrogens with one attached hydrogen (secondary N) is 2. The van der Waals surface area contributed by atoms with E-state index in [0.717, 1.165) is 22.4 Å². The van der Waals surface area contributed by atoms with Gasteiger partial charge in [0.05, 0.1) is 29.8 Å². The molecule has 1 aliphatic rings. The first kappa shape index (κ1) is 24.4. The van der Waals surface area contributed by atoms with Gasteiger partial charge in [-0.05, 0) is 30.2 Å². The van der Waals surface area contributed by atoms with Crippen molar-refractivity contribution in [2.75, 3.05) is 18.9 Å². The lowest BCUT2D eigenvalue weighted by molar-refractivity contribution is 0.151. The van der Waals surface area contributed by atoms with Crippen LogP contribution < -0.4 is 10.6 Å². The number of hydrogen-bond donors (Lipinski definition) is 2. The minimum absolute atomic E-state index is 0.378. The SMILES string of the molecule is C1CCCCC1.C=C(c1ccc2ncc(C(=C)NCC(F)F)n2c1)c1cnc(NC)nc1C. The van der Waals surface area contributed by atoms with Crippen molar-refractivity contribution in [1.29, 1.82) is 0 Å². The van der Waals surface area contributed by atoms with Gasteiger partial charge in [-0.3, -0.25) is 4.40 Å². The summed E-state index contributed by atoms with van der Waals surface area (Å²) in [7, 11) is 1.76. The highest BCUT2D eigenvalue weighted by Crippen LogP contribution is 2.25. The molecule has 3 aromatic heterocycles. The standard InChI is InChI=1S/C19H20F2N6.C6H12/c1-11(15-7-25-19(22-4)26-12(15)2)14-5-6-18-24-8-16(27(18)10-14)13(3)23-9-17(20)21;1-2-4-6-5-3-1/h5-8,10,17,23H,1,3,9H2,2,4H3,(H,22,25,26);1-6H2. The molecule has 2 N–H and O–H groups in total. The average Bonchev–Trinajstić information content (AvgIpc) is 3.27. The molecule has 0 amide bonds. The molecule has 0 saturated heterocycles. The maximum absolute atomic E-state index is 12.4. The molecule has 3 aromatic rings. The zero-order chi connectivity index (χ0) is 23.8. The highest BCUT2D eigenvalue weighted by atomic mass is 19.3. The third kappa shape index (κ3) is 6.37. The summed E-state index contributed by atoms with van der Waals surface area (Å²) in [5, 5.41) is 5.52. The maximum atomic E-state index is 12.4. The second-order valence-corrected chi connectivity index (χ2v) is 8.08. The van der Waals surface area contributed by atoms with E-state index in [2.05, 4.69) is 38.7 Å². The van der Waals surface area contributed by atoms with E-state index in [4.69, 9.17) is 0 Å². The van der Waals surface area contributed by atoms with Crippen LogP contribution in [0.25, 0.3) is 16.9 Å². The van der Waals surface area contributed by atoms with E-state index < -0.39 is 13.0 Å². The topological polar surface area (TPSA) is 67.1 Å². The molecule has 3 heterocycles. The number of nitrogens with zero attached hydrogens (tertiary/aromatic N) is 4. The van der Waals surface area contributed by atoms with E-state index in [-0.39, 0.29) is 0 Å². The van der Waals surface area contributed by atoms with Crippen LogP contribution in [0.3, 0.4) is 0 Å². The van der Waals surface area contributed by atoms with E-state index in [0.29, 0.717) is 23.0 Å². The summed E-state index contributed by atoms with van der Waals surface area (Å²) in [5.41, 5.74) is 4.88. The molecule has 0 radical (unpaired) electrons. The zero-order valence-electron chi connectivity index (χ0n) is 19.4. The van der Waals surface area contributed by atoms with Crippen molar-refractivity contribution in [3.63, 3.8) is 0 Å². The first-order valence-corrected chi connectivity index (χ1v) is 11.3. The third-order valence-electron chi connectivity index (χ3n) is 5.66. The van der Waals surface area contributed by atoms with Crippen molar-refractivity contribution in [2.45, 2.75) is 51.9 Å². The number of aryl methyl sites for hydroxylation is 1. The van der Waals surface area contributed by atoms with Crippen LogP contribution in [0.1, 0.15) is 61.0 Å². The predicted molar refractivity (Wildman–Crippen MR) is 130 cm³/mol. The first-order valence-electron chi connectivity index (χ1n) is 11.3. The molecule has 0 aromatic carbocycles. The highest BCUT2D eigenvalue weighted by molar-refractivity contribution is 5.79. The van der Waals surface area contributed by atoms with E-state index in [9.17, 15) is 8.78 Å². The van der Waals surface area contributed by atoms with Gasteiger partial charge in [-0.25, -0.2) is 23.7 Å². The molecule has 8 heteroatoms. The second-order valence-electron chi connectivity index (χ2n) is 8.08. The normalized spacial score (nSPS) is 13.4. The third-order valence-corrected chi connectivity index (χ3v) is 5.66. The van der Waals surface area contributed by atoms with Crippen LogP contribution in [0.2, 0.25) is 0 Å². The Morgan fingerprint density at radius 3 is 2.30 bits per heavy atom. The lowest BCUT2D eigenvalue weighted by atomic mass is 10.0. The summed E-state index contributed by atoms with van der Waals surface area (Å²) in [6.07, 6.45) is 11.7. The number of aromatic nitrogens is 4. The molecule has 0 spiro atoms.